The molecule has 78 valence electrons. The van der Waals surface area contributed by atoms with E-state index >= 15 is 0 Å². The quantitative estimate of drug-likeness (QED) is 0.303. The molecule has 0 aromatic heterocycles. The van der Waals surface area contributed by atoms with Gasteiger partial charge < -0.3 is 9.05 Å². The van der Waals surface area contributed by atoms with E-state index in [1.165, 1.54) is 6.42 Å². The minimum absolute atomic E-state index is 0.411. The molecule has 0 fully saturated rings. The summed E-state index contributed by atoms with van der Waals surface area (Å²) in [5.41, 5.74) is -2.29. The molecule has 1 unspecified atom stereocenters. The summed E-state index contributed by atoms with van der Waals surface area (Å²) in [5.74, 6) is 0. The van der Waals surface area contributed by atoms with Crippen molar-refractivity contribution in [2.75, 3.05) is 13.2 Å². The van der Waals surface area contributed by atoms with Gasteiger partial charge in [0.2, 0.25) is 5.69 Å². The third kappa shape index (κ3) is 8.98. The molecule has 0 N–H and O–H groups in total. The molecule has 2 nitrogen and oxygen atoms in total. The molecule has 0 aliphatic rings. The van der Waals surface area contributed by atoms with Gasteiger partial charge in [-0.25, -0.2) is 0 Å². The maximum Gasteiger partial charge on any atom is 0.244 e. The Kier molecular flexibility index (Phi) is 8.42. The van der Waals surface area contributed by atoms with Crippen LogP contribution in [-0.4, -0.2) is 13.2 Å². The van der Waals surface area contributed by atoms with Crippen LogP contribution in [0.5, 0.6) is 0 Å². The highest BCUT2D eigenvalue weighted by molar-refractivity contribution is 8.60. The Morgan fingerprint density at radius 3 is 2.69 bits per heavy atom. The lowest BCUT2D eigenvalue weighted by Gasteiger charge is -2.15. The molecule has 0 amide bonds. The molecular weight excluding hydrogens is 223 g/mol. The van der Waals surface area contributed by atoms with Gasteiger partial charge >= 0.3 is 0 Å². The van der Waals surface area contributed by atoms with Gasteiger partial charge in [0.1, 0.15) is 0 Å². The summed E-state index contributed by atoms with van der Waals surface area (Å²) in [7, 11) is 0. The van der Waals surface area contributed by atoms with Gasteiger partial charge in [0, 0.05) is 0 Å². The smallest absolute Gasteiger partial charge is 0.244 e. The van der Waals surface area contributed by atoms with E-state index in [9.17, 15) is 0 Å². The fraction of sp³-hybridized carbons (Fsp3) is 0.750. The van der Waals surface area contributed by atoms with Crippen LogP contribution in [0.15, 0.2) is 12.7 Å². The number of thiol groups is 1. The van der Waals surface area contributed by atoms with Crippen molar-refractivity contribution in [1.82, 2.24) is 0 Å². The van der Waals surface area contributed by atoms with Crippen molar-refractivity contribution in [1.29, 1.82) is 0 Å². The van der Waals surface area contributed by atoms with Crippen molar-refractivity contribution in [2.24, 2.45) is 0 Å². The van der Waals surface area contributed by atoms with E-state index in [-0.39, 0.29) is 0 Å². The summed E-state index contributed by atoms with van der Waals surface area (Å²) >= 11 is 9.20. The molecule has 0 bridgehead atoms. The fourth-order valence-corrected chi connectivity index (χ4v) is 2.30. The normalized spacial score (nSPS) is 15.2. The summed E-state index contributed by atoms with van der Waals surface area (Å²) in [6.45, 7) is 6.73. The Morgan fingerprint density at radius 2 is 2.15 bits per heavy atom. The average molecular weight is 240 g/mol. The predicted octanol–water partition coefficient (Wildman–Crippen LogP) is 3.55. The summed E-state index contributed by atoms with van der Waals surface area (Å²) in [5, 5.41) is 0. The van der Waals surface area contributed by atoms with Crippen molar-refractivity contribution in [2.45, 2.75) is 26.2 Å². The van der Waals surface area contributed by atoms with Gasteiger partial charge in [-0.3, -0.25) is 0 Å². The lowest BCUT2D eigenvalue weighted by Crippen LogP contribution is -1.93. The predicted molar refractivity (Wildman–Crippen MR) is 64.9 cm³/mol. The summed E-state index contributed by atoms with van der Waals surface area (Å²) in [6.07, 6.45) is 5.00. The third-order valence-corrected chi connectivity index (χ3v) is 3.67. The molecule has 0 heterocycles. The van der Waals surface area contributed by atoms with E-state index in [0.29, 0.717) is 13.2 Å². The first kappa shape index (κ1) is 13.7. The number of unbranched alkanes of at least 4 members (excludes halogenated alkanes) is 2. The molecule has 1 atom stereocenters. The van der Waals surface area contributed by atoms with Gasteiger partial charge in [-0.1, -0.05) is 38.1 Å². The first-order valence-corrected chi connectivity index (χ1v) is 8.14. The van der Waals surface area contributed by atoms with Crippen molar-refractivity contribution < 1.29 is 9.05 Å². The van der Waals surface area contributed by atoms with Gasteiger partial charge in [-0.05, 0) is 18.2 Å². The highest BCUT2D eigenvalue weighted by atomic mass is 32.9. The lowest BCUT2D eigenvalue weighted by atomic mass is 10.3. The van der Waals surface area contributed by atoms with Crippen LogP contribution in [0, 0.1) is 0 Å². The van der Waals surface area contributed by atoms with Gasteiger partial charge in [0.15, 0.2) is 0 Å². The van der Waals surface area contributed by atoms with Crippen LogP contribution >= 0.6 is 17.9 Å². The second kappa shape index (κ2) is 8.01. The van der Waals surface area contributed by atoms with Crippen molar-refractivity contribution in [3.05, 3.63) is 12.7 Å². The standard InChI is InChI=1S/C8H17O2PS2/c1-3-5-6-8-10-11(12,13)9-7-4-2/h4H,2-3,5-8H2,1H3,(H,12,13). The van der Waals surface area contributed by atoms with Gasteiger partial charge in [-0.2, -0.15) is 0 Å². The molecule has 0 aliphatic heterocycles. The maximum atomic E-state index is 5.35. The number of hydrogen-bond donors (Lipinski definition) is 1. The third-order valence-electron chi connectivity index (χ3n) is 1.36. The number of rotatable bonds is 8. The van der Waals surface area contributed by atoms with E-state index < -0.39 is 5.69 Å². The molecule has 0 aromatic rings. The Hall–Kier alpha value is 0.660. The van der Waals surface area contributed by atoms with Crippen LogP contribution in [-0.2, 0) is 20.9 Å². The Morgan fingerprint density at radius 1 is 1.46 bits per heavy atom. The molecule has 0 radical (unpaired) electrons. The summed E-state index contributed by atoms with van der Waals surface area (Å²) in [6, 6.07) is 0. The van der Waals surface area contributed by atoms with Crippen LogP contribution in [0.25, 0.3) is 0 Å². The summed E-state index contributed by atoms with van der Waals surface area (Å²) in [4.78, 5) is 0. The SMILES string of the molecule is C=CCOP(=S)(S)OCCCCC. The molecule has 0 spiro atoms. The van der Waals surface area contributed by atoms with Crippen molar-refractivity contribution >= 4 is 29.7 Å². The molecule has 0 aromatic carbocycles. The molecular formula is C8H17O2PS2. The van der Waals surface area contributed by atoms with E-state index in [0.717, 1.165) is 12.8 Å². The van der Waals surface area contributed by atoms with Crippen molar-refractivity contribution in [3.63, 3.8) is 0 Å². The van der Waals surface area contributed by atoms with Crippen LogP contribution in [0.2, 0.25) is 0 Å². The summed E-state index contributed by atoms with van der Waals surface area (Å²) < 4.78 is 10.6. The minimum Gasteiger partial charge on any atom is -0.322 e. The van der Waals surface area contributed by atoms with Gasteiger partial charge in [-0.15, -0.1) is 6.58 Å². The van der Waals surface area contributed by atoms with Crippen LogP contribution in [0.3, 0.4) is 0 Å². The van der Waals surface area contributed by atoms with E-state index in [4.69, 9.17) is 20.9 Å². The van der Waals surface area contributed by atoms with E-state index in [2.05, 4.69) is 25.8 Å². The zero-order valence-electron chi connectivity index (χ0n) is 7.94. The largest absolute Gasteiger partial charge is 0.322 e. The minimum atomic E-state index is -2.29. The highest BCUT2D eigenvalue weighted by Gasteiger charge is 2.10. The Balaban J connectivity index is 3.50. The number of hydrogen-bond acceptors (Lipinski definition) is 3. The molecule has 0 rings (SSSR count). The maximum absolute atomic E-state index is 5.35. The topological polar surface area (TPSA) is 18.5 Å². The van der Waals surface area contributed by atoms with E-state index in [1.807, 2.05) is 0 Å². The molecule has 0 aliphatic carbocycles. The van der Waals surface area contributed by atoms with Crippen LogP contribution in [0.4, 0.5) is 0 Å². The lowest BCUT2D eigenvalue weighted by molar-refractivity contribution is 0.272. The van der Waals surface area contributed by atoms with E-state index in [1.54, 1.807) is 6.08 Å². The van der Waals surface area contributed by atoms with Crippen LogP contribution < -0.4 is 0 Å². The average Bonchev–Trinajstić information content (AvgIpc) is 2.09. The molecule has 5 heteroatoms. The van der Waals surface area contributed by atoms with Gasteiger partial charge in [0.25, 0.3) is 0 Å². The Bertz CT molecular complexity index is 185. The Labute approximate surface area is 91.0 Å². The zero-order chi connectivity index (χ0) is 10.2. The highest BCUT2D eigenvalue weighted by Crippen LogP contribution is 2.53. The first-order chi connectivity index (χ1) is 6.12. The zero-order valence-corrected chi connectivity index (χ0v) is 10.5. The fourth-order valence-electron chi connectivity index (χ4n) is 0.716. The second-order valence-electron chi connectivity index (χ2n) is 2.59. The monoisotopic (exact) mass is 240 g/mol. The van der Waals surface area contributed by atoms with Crippen LogP contribution in [0.1, 0.15) is 26.2 Å². The molecule has 0 saturated carbocycles. The van der Waals surface area contributed by atoms with Gasteiger partial charge in [0.05, 0.1) is 13.2 Å². The van der Waals surface area contributed by atoms with Crippen molar-refractivity contribution in [3.8, 4) is 0 Å². The molecule has 0 saturated heterocycles. The second-order valence-corrected chi connectivity index (χ2v) is 7.88. The first-order valence-electron chi connectivity index (χ1n) is 4.35. The molecule has 13 heavy (non-hydrogen) atoms.